The van der Waals surface area contributed by atoms with E-state index in [2.05, 4.69) is 47.9 Å². The second-order valence-corrected chi connectivity index (χ2v) is 7.49. The molecule has 5 heteroatoms. The van der Waals surface area contributed by atoms with Crippen LogP contribution in [0.5, 0.6) is 11.5 Å². The first-order valence-corrected chi connectivity index (χ1v) is 9.61. The zero-order valence-electron chi connectivity index (χ0n) is 15.4. The van der Waals surface area contributed by atoms with Gasteiger partial charge < -0.3 is 14.4 Å². The van der Waals surface area contributed by atoms with Gasteiger partial charge in [-0.05, 0) is 48.7 Å². The number of halogens is 1. The van der Waals surface area contributed by atoms with Crippen molar-refractivity contribution in [2.45, 2.75) is 20.4 Å². The Labute approximate surface area is 160 Å². The van der Waals surface area contributed by atoms with Crippen molar-refractivity contribution in [3.8, 4) is 11.5 Å². The molecule has 2 aromatic rings. The van der Waals surface area contributed by atoms with Crippen molar-refractivity contribution in [2.24, 2.45) is 0 Å². The minimum Gasteiger partial charge on any atom is -0.486 e. The molecule has 0 spiro atoms. The van der Waals surface area contributed by atoms with Gasteiger partial charge in [-0.25, -0.2) is 0 Å². The van der Waals surface area contributed by atoms with Crippen LogP contribution < -0.4 is 14.4 Å². The lowest BCUT2D eigenvalue weighted by molar-refractivity contribution is 0.171. The molecular formula is C21H25ClN2O2. The largest absolute Gasteiger partial charge is 0.486 e. The van der Waals surface area contributed by atoms with Crippen LogP contribution in [0.1, 0.15) is 16.7 Å². The number of benzene rings is 2. The third-order valence-corrected chi connectivity index (χ3v) is 5.63. The summed E-state index contributed by atoms with van der Waals surface area (Å²) < 4.78 is 11.3. The van der Waals surface area contributed by atoms with Gasteiger partial charge in [-0.15, -0.1) is 0 Å². The number of nitrogens with zero attached hydrogens (tertiary/aromatic N) is 2. The summed E-state index contributed by atoms with van der Waals surface area (Å²) in [5, 5.41) is 0.645. The zero-order valence-corrected chi connectivity index (χ0v) is 16.2. The third-order valence-electron chi connectivity index (χ3n) is 5.35. The van der Waals surface area contributed by atoms with E-state index >= 15 is 0 Å². The Balaban J connectivity index is 1.41. The van der Waals surface area contributed by atoms with Crippen LogP contribution in [0.25, 0.3) is 0 Å². The number of aryl methyl sites for hydroxylation is 1. The van der Waals surface area contributed by atoms with Crippen LogP contribution in [0.15, 0.2) is 30.3 Å². The Hall–Kier alpha value is -1.91. The number of ether oxygens (including phenoxy) is 2. The normalized spacial score (nSPS) is 17.4. The molecule has 0 saturated carbocycles. The Bertz CT molecular complexity index is 801. The maximum absolute atomic E-state index is 6.37. The van der Waals surface area contributed by atoms with E-state index in [-0.39, 0.29) is 0 Å². The van der Waals surface area contributed by atoms with Gasteiger partial charge in [0, 0.05) is 38.4 Å². The SMILES string of the molecule is Cc1cccc(N2CCN(Cc3cc(Cl)c4c(c3)OCCO4)CC2)c1C. The fourth-order valence-corrected chi connectivity index (χ4v) is 4.03. The Morgan fingerprint density at radius 2 is 1.77 bits per heavy atom. The van der Waals surface area contributed by atoms with E-state index in [1.165, 1.54) is 22.4 Å². The van der Waals surface area contributed by atoms with Crippen molar-refractivity contribution in [1.82, 2.24) is 4.90 Å². The van der Waals surface area contributed by atoms with Crippen LogP contribution in [0.2, 0.25) is 5.02 Å². The van der Waals surface area contributed by atoms with E-state index in [4.69, 9.17) is 21.1 Å². The van der Waals surface area contributed by atoms with Crippen molar-refractivity contribution in [3.05, 3.63) is 52.0 Å². The Kier molecular flexibility index (Phi) is 4.96. The van der Waals surface area contributed by atoms with E-state index in [1.807, 2.05) is 6.07 Å². The molecule has 4 nitrogen and oxygen atoms in total. The van der Waals surface area contributed by atoms with Crippen LogP contribution in [-0.2, 0) is 6.54 Å². The van der Waals surface area contributed by atoms with Crippen molar-refractivity contribution in [1.29, 1.82) is 0 Å². The molecule has 4 rings (SSSR count). The van der Waals surface area contributed by atoms with Gasteiger partial charge in [-0.3, -0.25) is 4.90 Å². The summed E-state index contributed by atoms with van der Waals surface area (Å²) in [6.45, 7) is 10.6. The lowest BCUT2D eigenvalue weighted by atomic mass is 10.1. The van der Waals surface area contributed by atoms with Gasteiger partial charge in [0.1, 0.15) is 13.2 Å². The predicted octanol–water partition coefficient (Wildman–Crippen LogP) is 4.05. The van der Waals surface area contributed by atoms with Crippen molar-refractivity contribution >= 4 is 17.3 Å². The molecule has 0 radical (unpaired) electrons. The summed E-state index contributed by atoms with van der Waals surface area (Å²) in [4.78, 5) is 4.97. The highest BCUT2D eigenvalue weighted by molar-refractivity contribution is 6.32. The molecule has 138 valence electrons. The molecule has 0 atom stereocenters. The predicted molar refractivity (Wildman–Crippen MR) is 106 cm³/mol. The number of anilines is 1. The highest BCUT2D eigenvalue weighted by Crippen LogP contribution is 2.38. The lowest BCUT2D eigenvalue weighted by Crippen LogP contribution is -2.46. The topological polar surface area (TPSA) is 24.9 Å². The average molecular weight is 373 g/mol. The highest BCUT2D eigenvalue weighted by atomic mass is 35.5. The minimum absolute atomic E-state index is 0.562. The van der Waals surface area contributed by atoms with Gasteiger partial charge in [-0.2, -0.15) is 0 Å². The first-order chi connectivity index (χ1) is 12.6. The van der Waals surface area contributed by atoms with Crippen molar-refractivity contribution < 1.29 is 9.47 Å². The first kappa shape index (κ1) is 17.5. The maximum atomic E-state index is 6.37. The average Bonchev–Trinajstić information content (AvgIpc) is 2.65. The number of piperazine rings is 1. The lowest BCUT2D eigenvalue weighted by Gasteiger charge is -2.37. The van der Waals surface area contributed by atoms with Gasteiger partial charge in [0.15, 0.2) is 11.5 Å². The Morgan fingerprint density at radius 1 is 1.00 bits per heavy atom. The monoisotopic (exact) mass is 372 g/mol. The van der Waals surface area contributed by atoms with Crippen LogP contribution in [-0.4, -0.2) is 44.3 Å². The van der Waals surface area contributed by atoms with Gasteiger partial charge in [0.05, 0.1) is 5.02 Å². The molecule has 0 N–H and O–H groups in total. The number of fused-ring (bicyclic) bond motifs is 1. The molecule has 0 aromatic heterocycles. The maximum Gasteiger partial charge on any atom is 0.179 e. The third kappa shape index (κ3) is 3.49. The summed E-state index contributed by atoms with van der Waals surface area (Å²) in [6, 6.07) is 10.6. The number of hydrogen-bond donors (Lipinski definition) is 0. The van der Waals surface area contributed by atoms with Crippen LogP contribution >= 0.6 is 11.6 Å². The van der Waals surface area contributed by atoms with Crippen molar-refractivity contribution in [2.75, 3.05) is 44.3 Å². The van der Waals surface area contributed by atoms with Crippen molar-refractivity contribution in [3.63, 3.8) is 0 Å². The highest BCUT2D eigenvalue weighted by Gasteiger charge is 2.21. The molecule has 2 aliphatic heterocycles. The summed E-state index contributed by atoms with van der Waals surface area (Å²) in [7, 11) is 0. The number of rotatable bonds is 3. The van der Waals surface area contributed by atoms with E-state index < -0.39 is 0 Å². The molecule has 0 aliphatic carbocycles. The molecule has 0 amide bonds. The number of hydrogen-bond acceptors (Lipinski definition) is 4. The molecule has 2 aliphatic rings. The second-order valence-electron chi connectivity index (χ2n) is 7.08. The molecule has 2 heterocycles. The molecular weight excluding hydrogens is 348 g/mol. The van der Waals surface area contributed by atoms with E-state index in [0.29, 0.717) is 24.0 Å². The minimum atomic E-state index is 0.562. The van der Waals surface area contributed by atoms with E-state index in [1.54, 1.807) is 0 Å². The second kappa shape index (κ2) is 7.37. The molecule has 1 saturated heterocycles. The molecule has 1 fully saturated rings. The van der Waals surface area contributed by atoms with Gasteiger partial charge in [0.2, 0.25) is 0 Å². The summed E-state index contributed by atoms with van der Waals surface area (Å²) >= 11 is 6.37. The van der Waals surface area contributed by atoms with E-state index in [9.17, 15) is 0 Å². The summed E-state index contributed by atoms with van der Waals surface area (Å²) in [6.07, 6.45) is 0. The summed E-state index contributed by atoms with van der Waals surface area (Å²) in [5.41, 5.74) is 5.29. The molecule has 26 heavy (non-hydrogen) atoms. The smallest absolute Gasteiger partial charge is 0.179 e. The van der Waals surface area contributed by atoms with Crippen LogP contribution in [0.3, 0.4) is 0 Å². The Morgan fingerprint density at radius 3 is 2.58 bits per heavy atom. The van der Waals surface area contributed by atoms with E-state index in [0.717, 1.165) is 38.5 Å². The standard InChI is InChI=1S/C21H25ClN2O2/c1-15-4-3-5-19(16(15)2)24-8-6-23(7-9-24)14-17-12-18(22)21-20(13-17)25-10-11-26-21/h3-5,12-13H,6-11,14H2,1-2H3. The van der Waals surface area contributed by atoms with Crippen LogP contribution in [0.4, 0.5) is 5.69 Å². The molecule has 2 aromatic carbocycles. The van der Waals surface area contributed by atoms with Crippen LogP contribution in [0, 0.1) is 13.8 Å². The van der Waals surface area contributed by atoms with Gasteiger partial charge in [0.25, 0.3) is 0 Å². The fraction of sp³-hybridized carbons (Fsp3) is 0.429. The molecule has 0 unspecified atom stereocenters. The van der Waals surface area contributed by atoms with Gasteiger partial charge in [-0.1, -0.05) is 23.7 Å². The zero-order chi connectivity index (χ0) is 18.1. The fourth-order valence-electron chi connectivity index (χ4n) is 3.74. The summed E-state index contributed by atoms with van der Waals surface area (Å²) in [5.74, 6) is 1.45. The van der Waals surface area contributed by atoms with Gasteiger partial charge >= 0.3 is 0 Å². The quantitative estimate of drug-likeness (QED) is 0.811. The molecule has 0 bridgehead atoms. The first-order valence-electron chi connectivity index (χ1n) is 9.23.